The van der Waals surface area contributed by atoms with E-state index in [1.165, 1.54) is 11.1 Å². The fourth-order valence-corrected chi connectivity index (χ4v) is 2.32. The molecule has 2 aromatic carbocycles. The third-order valence-corrected chi connectivity index (χ3v) is 3.50. The van der Waals surface area contributed by atoms with Crippen LogP contribution in [0, 0.1) is 6.92 Å². The zero-order valence-corrected chi connectivity index (χ0v) is 12.7. The molecule has 0 aromatic heterocycles. The molecule has 0 saturated carbocycles. The second-order valence-electron chi connectivity index (χ2n) is 4.73. The summed E-state index contributed by atoms with van der Waals surface area (Å²) in [5, 5.41) is 4.19. The molecule has 0 aliphatic heterocycles. The van der Waals surface area contributed by atoms with Gasteiger partial charge in [-0.1, -0.05) is 42.8 Å². The highest BCUT2D eigenvalue weighted by atomic mass is 35.5. The number of ether oxygens (including phenoxy) is 1. The summed E-state index contributed by atoms with van der Waals surface area (Å²) in [6, 6.07) is 16.1. The molecule has 0 spiro atoms. The highest BCUT2D eigenvalue weighted by molar-refractivity contribution is 6.30. The number of benzene rings is 2. The van der Waals surface area contributed by atoms with Gasteiger partial charge in [0.2, 0.25) is 0 Å². The maximum atomic E-state index is 5.87. The standard InChI is InChI=1S/C17H20ClNO/c1-3-19-17(16-7-5-4-6-13(16)2)12-20-15-10-8-14(18)9-11-15/h4-11,17,19H,3,12H2,1-2H3. The third kappa shape index (κ3) is 3.99. The molecule has 0 radical (unpaired) electrons. The summed E-state index contributed by atoms with van der Waals surface area (Å²) in [4.78, 5) is 0. The Kier molecular flexibility index (Phi) is 5.45. The molecule has 0 aliphatic carbocycles. The van der Waals surface area contributed by atoms with Crippen LogP contribution in [0.5, 0.6) is 5.75 Å². The van der Waals surface area contributed by atoms with Crippen LogP contribution in [0.2, 0.25) is 5.02 Å². The van der Waals surface area contributed by atoms with Gasteiger partial charge in [-0.2, -0.15) is 0 Å². The molecule has 1 unspecified atom stereocenters. The Hall–Kier alpha value is -1.51. The number of rotatable bonds is 6. The Bertz CT molecular complexity index is 539. The van der Waals surface area contributed by atoms with E-state index in [1.807, 2.05) is 24.3 Å². The first-order chi connectivity index (χ1) is 9.70. The highest BCUT2D eigenvalue weighted by Gasteiger charge is 2.13. The summed E-state index contributed by atoms with van der Waals surface area (Å²) in [6.07, 6.45) is 0. The topological polar surface area (TPSA) is 21.3 Å². The molecule has 0 bridgehead atoms. The zero-order chi connectivity index (χ0) is 14.4. The van der Waals surface area contributed by atoms with Gasteiger partial charge in [-0.05, 0) is 48.9 Å². The lowest BCUT2D eigenvalue weighted by molar-refractivity contribution is 0.268. The highest BCUT2D eigenvalue weighted by Crippen LogP contribution is 2.20. The molecule has 3 heteroatoms. The Morgan fingerprint density at radius 1 is 1.10 bits per heavy atom. The van der Waals surface area contributed by atoms with Crippen LogP contribution in [-0.2, 0) is 0 Å². The predicted octanol–water partition coefficient (Wildman–Crippen LogP) is 4.38. The maximum absolute atomic E-state index is 5.87. The smallest absolute Gasteiger partial charge is 0.119 e. The fourth-order valence-electron chi connectivity index (χ4n) is 2.19. The molecule has 0 amide bonds. The lowest BCUT2D eigenvalue weighted by Gasteiger charge is -2.20. The van der Waals surface area contributed by atoms with Crippen LogP contribution in [0.3, 0.4) is 0 Å². The molecule has 2 nitrogen and oxygen atoms in total. The fraction of sp³-hybridized carbons (Fsp3) is 0.294. The molecule has 1 N–H and O–H groups in total. The lowest BCUT2D eigenvalue weighted by atomic mass is 10.0. The number of likely N-dealkylation sites (N-methyl/N-ethyl adjacent to an activating group) is 1. The molecule has 0 saturated heterocycles. The average Bonchev–Trinajstić information content (AvgIpc) is 2.46. The van der Waals surface area contributed by atoms with Crippen LogP contribution in [0.25, 0.3) is 0 Å². The van der Waals surface area contributed by atoms with Crippen molar-refractivity contribution in [3.8, 4) is 5.75 Å². The SMILES string of the molecule is CCNC(COc1ccc(Cl)cc1)c1ccccc1C. The van der Waals surface area contributed by atoms with E-state index in [0.717, 1.165) is 17.3 Å². The van der Waals surface area contributed by atoms with Gasteiger partial charge in [0.15, 0.2) is 0 Å². The molecule has 0 fully saturated rings. The molecule has 0 heterocycles. The molecular weight excluding hydrogens is 270 g/mol. The van der Waals surface area contributed by atoms with Crippen molar-refractivity contribution in [1.82, 2.24) is 5.32 Å². The van der Waals surface area contributed by atoms with Gasteiger partial charge >= 0.3 is 0 Å². The van der Waals surface area contributed by atoms with Crippen molar-refractivity contribution in [2.45, 2.75) is 19.9 Å². The number of halogens is 1. The average molecular weight is 290 g/mol. The van der Waals surface area contributed by atoms with Crippen LogP contribution in [0.4, 0.5) is 0 Å². The van der Waals surface area contributed by atoms with Crippen molar-refractivity contribution < 1.29 is 4.74 Å². The number of nitrogens with one attached hydrogen (secondary N) is 1. The third-order valence-electron chi connectivity index (χ3n) is 3.24. The van der Waals surface area contributed by atoms with Gasteiger partial charge in [0.25, 0.3) is 0 Å². The molecule has 0 aliphatic rings. The minimum absolute atomic E-state index is 0.192. The van der Waals surface area contributed by atoms with Gasteiger partial charge in [0.05, 0.1) is 6.04 Å². The Balaban J connectivity index is 2.06. The predicted molar refractivity (Wildman–Crippen MR) is 84.5 cm³/mol. The zero-order valence-electron chi connectivity index (χ0n) is 11.9. The largest absolute Gasteiger partial charge is 0.492 e. The van der Waals surface area contributed by atoms with Crippen molar-refractivity contribution in [3.63, 3.8) is 0 Å². The quantitative estimate of drug-likeness (QED) is 0.852. The van der Waals surface area contributed by atoms with E-state index in [2.05, 4.69) is 43.4 Å². The second-order valence-corrected chi connectivity index (χ2v) is 5.17. The van der Waals surface area contributed by atoms with Crippen molar-refractivity contribution in [3.05, 3.63) is 64.7 Å². The van der Waals surface area contributed by atoms with Crippen LogP contribution < -0.4 is 10.1 Å². The first-order valence-electron chi connectivity index (χ1n) is 6.88. The maximum Gasteiger partial charge on any atom is 0.119 e. The van der Waals surface area contributed by atoms with Crippen molar-refractivity contribution in [2.24, 2.45) is 0 Å². The van der Waals surface area contributed by atoms with Gasteiger partial charge in [0.1, 0.15) is 12.4 Å². The van der Waals surface area contributed by atoms with Crippen molar-refractivity contribution >= 4 is 11.6 Å². The Morgan fingerprint density at radius 3 is 2.45 bits per heavy atom. The lowest BCUT2D eigenvalue weighted by Crippen LogP contribution is -2.27. The molecule has 106 valence electrons. The second kappa shape index (κ2) is 7.32. The van der Waals surface area contributed by atoms with E-state index >= 15 is 0 Å². The summed E-state index contributed by atoms with van der Waals surface area (Å²) in [7, 11) is 0. The van der Waals surface area contributed by atoms with E-state index in [0.29, 0.717) is 6.61 Å². The minimum atomic E-state index is 0.192. The number of hydrogen-bond acceptors (Lipinski definition) is 2. The van der Waals surface area contributed by atoms with Gasteiger partial charge in [-0.15, -0.1) is 0 Å². The van der Waals surface area contributed by atoms with E-state index in [1.54, 1.807) is 0 Å². The molecule has 1 atom stereocenters. The molecule has 2 aromatic rings. The number of aryl methyl sites for hydroxylation is 1. The van der Waals surface area contributed by atoms with Crippen LogP contribution >= 0.6 is 11.6 Å². The van der Waals surface area contributed by atoms with E-state index in [-0.39, 0.29) is 6.04 Å². The summed E-state index contributed by atoms with van der Waals surface area (Å²) >= 11 is 5.87. The van der Waals surface area contributed by atoms with E-state index in [9.17, 15) is 0 Å². The summed E-state index contributed by atoms with van der Waals surface area (Å²) in [6.45, 7) is 5.73. The molecular formula is C17H20ClNO. The Labute approximate surface area is 125 Å². The monoisotopic (exact) mass is 289 g/mol. The van der Waals surface area contributed by atoms with Crippen LogP contribution in [0.15, 0.2) is 48.5 Å². The summed E-state index contributed by atoms with van der Waals surface area (Å²) < 4.78 is 5.86. The minimum Gasteiger partial charge on any atom is -0.492 e. The van der Waals surface area contributed by atoms with Gasteiger partial charge in [0, 0.05) is 5.02 Å². The molecule has 2 rings (SSSR count). The van der Waals surface area contributed by atoms with Crippen LogP contribution in [0.1, 0.15) is 24.1 Å². The summed E-state index contributed by atoms with van der Waals surface area (Å²) in [5.74, 6) is 0.839. The van der Waals surface area contributed by atoms with E-state index < -0.39 is 0 Å². The Morgan fingerprint density at radius 2 is 1.80 bits per heavy atom. The van der Waals surface area contributed by atoms with Crippen molar-refractivity contribution in [1.29, 1.82) is 0 Å². The molecule has 20 heavy (non-hydrogen) atoms. The van der Waals surface area contributed by atoms with Gasteiger partial charge < -0.3 is 10.1 Å². The van der Waals surface area contributed by atoms with Crippen LogP contribution in [-0.4, -0.2) is 13.2 Å². The van der Waals surface area contributed by atoms with Gasteiger partial charge in [-0.3, -0.25) is 0 Å². The first kappa shape index (κ1) is 14.9. The van der Waals surface area contributed by atoms with E-state index in [4.69, 9.17) is 16.3 Å². The van der Waals surface area contributed by atoms with Gasteiger partial charge in [-0.25, -0.2) is 0 Å². The first-order valence-corrected chi connectivity index (χ1v) is 7.25. The summed E-state index contributed by atoms with van der Waals surface area (Å²) in [5.41, 5.74) is 2.56. The number of hydrogen-bond donors (Lipinski definition) is 1. The van der Waals surface area contributed by atoms with Crippen molar-refractivity contribution in [2.75, 3.05) is 13.2 Å². The normalized spacial score (nSPS) is 12.2.